The average molecular weight is 260 g/mol. The maximum atomic E-state index is 13.6. The highest BCUT2D eigenvalue weighted by molar-refractivity contribution is 9.10. The minimum absolute atomic E-state index is 0.0371. The number of benzene rings is 1. The van der Waals surface area contributed by atoms with E-state index in [1.165, 1.54) is 11.9 Å². The molecule has 1 aromatic carbocycles. The number of rotatable bonds is 0. The molecule has 1 aliphatic rings. The van der Waals surface area contributed by atoms with Gasteiger partial charge in [-0.15, -0.1) is 0 Å². The standard InChI is InChI=1S/C9H7BrFNO2/c1-12-7(13)4-14-6-3-2-5(10)8(11)9(6)12/h2-3H,4H2,1H3. The lowest BCUT2D eigenvalue weighted by atomic mass is 10.2. The maximum Gasteiger partial charge on any atom is 0.264 e. The summed E-state index contributed by atoms with van der Waals surface area (Å²) in [7, 11) is 1.53. The SMILES string of the molecule is CN1C(=O)COc2ccc(Br)c(F)c21. The van der Waals surface area contributed by atoms with E-state index in [0.29, 0.717) is 10.2 Å². The van der Waals surface area contributed by atoms with Crippen LogP contribution in [-0.2, 0) is 4.79 Å². The van der Waals surface area contributed by atoms with E-state index >= 15 is 0 Å². The largest absolute Gasteiger partial charge is 0.481 e. The first-order valence-electron chi connectivity index (χ1n) is 3.98. The number of ether oxygens (including phenoxy) is 1. The Morgan fingerprint density at radius 3 is 3.00 bits per heavy atom. The fraction of sp³-hybridized carbons (Fsp3) is 0.222. The smallest absolute Gasteiger partial charge is 0.264 e. The minimum Gasteiger partial charge on any atom is -0.481 e. The van der Waals surface area contributed by atoms with Gasteiger partial charge in [-0.2, -0.15) is 0 Å². The van der Waals surface area contributed by atoms with Crippen LogP contribution in [0, 0.1) is 5.82 Å². The summed E-state index contributed by atoms with van der Waals surface area (Å²) in [6.07, 6.45) is 0. The Balaban J connectivity index is 2.62. The highest BCUT2D eigenvalue weighted by Gasteiger charge is 2.26. The summed E-state index contributed by atoms with van der Waals surface area (Å²) in [4.78, 5) is 12.5. The Labute approximate surface area is 88.6 Å². The Bertz CT molecular complexity index is 408. The Kier molecular flexibility index (Phi) is 2.19. The molecule has 14 heavy (non-hydrogen) atoms. The Morgan fingerprint density at radius 1 is 1.57 bits per heavy atom. The molecule has 0 N–H and O–H groups in total. The van der Waals surface area contributed by atoms with Gasteiger partial charge in [0.15, 0.2) is 12.4 Å². The lowest BCUT2D eigenvalue weighted by molar-refractivity contribution is -0.121. The van der Waals surface area contributed by atoms with E-state index in [9.17, 15) is 9.18 Å². The molecule has 3 nitrogen and oxygen atoms in total. The third-order valence-electron chi connectivity index (χ3n) is 2.09. The van der Waals surface area contributed by atoms with E-state index in [1.54, 1.807) is 12.1 Å². The second-order valence-electron chi connectivity index (χ2n) is 2.95. The van der Waals surface area contributed by atoms with E-state index in [2.05, 4.69) is 15.9 Å². The normalized spacial score (nSPS) is 15.1. The van der Waals surface area contributed by atoms with E-state index in [-0.39, 0.29) is 18.2 Å². The third-order valence-corrected chi connectivity index (χ3v) is 2.71. The maximum absolute atomic E-state index is 13.6. The number of halogens is 2. The van der Waals surface area contributed by atoms with Gasteiger partial charge in [0, 0.05) is 7.05 Å². The van der Waals surface area contributed by atoms with Crippen LogP contribution in [-0.4, -0.2) is 19.6 Å². The molecule has 0 aromatic heterocycles. The van der Waals surface area contributed by atoms with Gasteiger partial charge < -0.3 is 9.64 Å². The van der Waals surface area contributed by atoms with Crippen LogP contribution in [0.2, 0.25) is 0 Å². The van der Waals surface area contributed by atoms with Crippen molar-refractivity contribution in [3.63, 3.8) is 0 Å². The topological polar surface area (TPSA) is 29.5 Å². The summed E-state index contributed by atoms with van der Waals surface area (Å²) in [5.74, 6) is -0.333. The van der Waals surface area contributed by atoms with Gasteiger partial charge in [-0.1, -0.05) is 0 Å². The first kappa shape index (κ1) is 9.45. The predicted octanol–water partition coefficient (Wildman–Crippen LogP) is 1.94. The summed E-state index contributed by atoms with van der Waals surface area (Å²) < 4.78 is 19.0. The number of carbonyl (C=O) groups is 1. The molecule has 0 atom stereocenters. The van der Waals surface area contributed by atoms with E-state index in [0.717, 1.165) is 0 Å². The molecule has 1 aromatic rings. The Morgan fingerprint density at radius 2 is 2.29 bits per heavy atom. The number of amides is 1. The van der Waals surface area contributed by atoms with Crippen molar-refractivity contribution >= 4 is 27.5 Å². The molecular formula is C9H7BrFNO2. The van der Waals surface area contributed by atoms with Crippen LogP contribution in [0.4, 0.5) is 10.1 Å². The van der Waals surface area contributed by atoms with E-state index in [1.807, 2.05) is 0 Å². The van der Waals surface area contributed by atoms with Gasteiger partial charge in [-0.3, -0.25) is 4.79 Å². The molecule has 0 bridgehead atoms. The van der Waals surface area contributed by atoms with Crippen LogP contribution in [0.3, 0.4) is 0 Å². The molecule has 74 valence electrons. The van der Waals surface area contributed by atoms with E-state index < -0.39 is 5.82 Å². The lowest BCUT2D eigenvalue weighted by Gasteiger charge is -2.26. The van der Waals surface area contributed by atoms with Crippen molar-refractivity contribution in [2.24, 2.45) is 0 Å². The van der Waals surface area contributed by atoms with Crippen LogP contribution >= 0.6 is 15.9 Å². The zero-order valence-electron chi connectivity index (χ0n) is 7.38. The fourth-order valence-corrected chi connectivity index (χ4v) is 1.63. The fourth-order valence-electron chi connectivity index (χ4n) is 1.31. The number of nitrogens with zero attached hydrogens (tertiary/aromatic N) is 1. The van der Waals surface area contributed by atoms with Gasteiger partial charge in [-0.05, 0) is 28.1 Å². The molecule has 0 unspecified atom stereocenters. The molecule has 0 saturated carbocycles. The molecule has 1 heterocycles. The van der Waals surface area contributed by atoms with Gasteiger partial charge in [0.2, 0.25) is 0 Å². The number of anilines is 1. The van der Waals surface area contributed by atoms with Crippen molar-refractivity contribution < 1.29 is 13.9 Å². The summed E-state index contributed by atoms with van der Waals surface area (Å²) in [6.45, 7) is -0.0371. The number of fused-ring (bicyclic) bond motifs is 1. The predicted molar refractivity (Wildman–Crippen MR) is 53.0 cm³/mol. The summed E-state index contributed by atoms with van der Waals surface area (Å²) in [5, 5.41) is 0. The molecule has 1 amide bonds. The summed E-state index contributed by atoms with van der Waals surface area (Å²) in [6, 6.07) is 3.18. The van der Waals surface area contributed by atoms with Crippen molar-refractivity contribution in [3.8, 4) is 5.75 Å². The van der Waals surface area contributed by atoms with Crippen LogP contribution in [0.25, 0.3) is 0 Å². The summed E-state index contributed by atoms with van der Waals surface area (Å²) in [5.41, 5.74) is 0.190. The average Bonchev–Trinajstić information content (AvgIpc) is 2.17. The zero-order valence-corrected chi connectivity index (χ0v) is 8.97. The molecular weight excluding hydrogens is 253 g/mol. The van der Waals surface area contributed by atoms with Crippen LogP contribution in [0.5, 0.6) is 5.75 Å². The molecule has 0 aliphatic carbocycles. The van der Waals surface area contributed by atoms with Gasteiger partial charge >= 0.3 is 0 Å². The monoisotopic (exact) mass is 259 g/mol. The summed E-state index contributed by atoms with van der Waals surface area (Å²) >= 11 is 3.05. The van der Waals surface area contributed by atoms with Crippen LogP contribution in [0.15, 0.2) is 16.6 Å². The second-order valence-corrected chi connectivity index (χ2v) is 3.80. The molecule has 0 fully saturated rings. The third kappa shape index (κ3) is 1.28. The highest BCUT2D eigenvalue weighted by atomic mass is 79.9. The van der Waals surface area contributed by atoms with Gasteiger partial charge in [-0.25, -0.2) is 4.39 Å². The number of hydrogen-bond donors (Lipinski definition) is 0. The van der Waals surface area contributed by atoms with Crippen LogP contribution < -0.4 is 9.64 Å². The highest BCUT2D eigenvalue weighted by Crippen LogP contribution is 2.37. The molecule has 5 heteroatoms. The zero-order chi connectivity index (χ0) is 10.3. The minimum atomic E-state index is -0.474. The van der Waals surface area contributed by atoms with Crippen molar-refractivity contribution in [1.29, 1.82) is 0 Å². The van der Waals surface area contributed by atoms with E-state index in [4.69, 9.17) is 4.74 Å². The second kappa shape index (κ2) is 3.24. The van der Waals surface area contributed by atoms with Crippen molar-refractivity contribution in [2.45, 2.75) is 0 Å². The van der Waals surface area contributed by atoms with Crippen molar-refractivity contribution in [2.75, 3.05) is 18.6 Å². The number of hydrogen-bond acceptors (Lipinski definition) is 2. The first-order valence-corrected chi connectivity index (χ1v) is 4.78. The van der Waals surface area contributed by atoms with Gasteiger partial charge in [0.1, 0.15) is 11.4 Å². The molecule has 0 saturated heterocycles. The van der Waals surface area contributed by atoms with Gasteiger partial charge in [0.25, 0.3) is 5.91 Å². The Hall–Kier alpha value is -1.10. The van der Waals surface area contributed by atoms with Crippen molar-refractivity contribution in [1.82, 2.24) is 0 Å². The molecule has 1 aliphatic heterocycles. The number of carbonyl (C=O) groups excluding carboxylic acids is 1. The number of likely N-dealkylation sites (N-methyl/N-ethyl adjacent to an activating group) is 1. The molecule has 0 spiro atoms. The lowest BCUT2D eigenvalue weighted by Crippen LogP contribution is -2.36. The van der Waals surface area contributed by atoms with Crippen LogP contribution in [0.1, 0.15) is 0 Å². The molecule has 0 radical (unpaired) electrons. The van der Waals surface area contributed by atoms with Crippen molar-refractivity contribution in [3.05, 3.63) is 22.4 Å². The molecule has 2 rings (SSSR count). The van der Waals surface area contributed by atoms with Gasteiger partial charge in [0.05, 0.1) is 4.47 Å². The quantitative estimate of drug-likeness (QED) is 0.713. The first-order chi connectivity index (χ1) is 6.61.